The van der Waals surface area contributed by atoms with Gasteiger partial charge in [0.1, 0.15) is 0 Å². The molecule has 0 radical (unpaired) electrons. The van der Waals surface area contributed by atoms with E-state index in [2.05, 4.69) is 0 Å². The zero-order valence-electron chi connectivity index (χ0n) is 10.1. The van der Waals surface area contributed by atoms with Gasteiger partial charge in [-0.05, 0) is 18.4 Å². The van der Waals surface area contributed by atoms with Gasteiger partial charge >= 0.3 is 5.97 Å². The minimum absolute atomic E-state index is 0. The van der Waals surface area contributed by atoms with Gasteiger partial charge in [0.05, 0.1) is 0 Å². The van der Waals surface area contributed by atoms with Crippen LogP contribution in [0, 0.1) is 5.92 Å². The van der Waals surface area contributed by atoms with Crippen molar-refractivity contribution in [2.75, 3.05) is 0 Å². The Balaban J connectivity index is 0.00000256. The van der Waals surface area contributed by atoms with E-state index in [0.29, 0.717) is 18.4 Å². The van der Waals surface area contributed by atoms with E-state index in [1.165, 1.54) is 0 Å². The van der Waals surface area contributed by atoms with E-state index in [4.69, 9.17) is 0 Å². The van der Waals surface area contributed by atoms with Crippen LogP contribution in [0.5, 0.6) is 0 Å². The fourth-order valence-electron chi connectivity index (χ4n) is 2.11. The number of rotatable bonds is 5. The molecule has 0 aliphatic carbocycles. The Morgan fingerprint density at radius 1 is 1.24 bits per heavy atom. The van der Waals surface area contributed by atoms with Crippen molar-refractivity contribution >= 4 is 18.4 Å². The Labute approximate surface area is 108 Å². The summed E-state index contributed by atoms with van der Waals surface area (Å²) in [6.45, 7) is 3.79. The normalized spacial score (nSPS) is 13.9. The van der Waals surface area contributed by atoms with Crippen molar-refractivity contribution in [3.63, 3.8) is 0 Å². The highest BCUT2D eigenvalue weighted by Gasteiger charge is 2.43. The van der Waals surface area contributed by atoms with Gasteiger partial charge in [-0.25, -0.2) is 4.79 Å². The Morgan fingerprint density at radius 3 is 2.06 bits per heavy atom. The summed E-state index contributed by atoms with van der Waals surface area (Å²) in [4.78, 5) is 11.3. The predicted molar refractivity (Wildman–Crippen MR) is 69.3 cm³/mol. The minimum atomic E-state index is -1.77. The van der Waals surface area contributed by atoms with Gasteiger partial charge in [-0.1, -0.05) is 44.2 Å². The third-order valence-electron chi connectivity index (χ3n) is 3.12. The van der Waals surface area contributed by atoms with Crippen molar-refractivity contribution in [1.82, 2.24) is 0 Å². The van der Waals surface area contributed by atoms with Crippen LogP contribution >= 0.6 is 12.4 Å². The van der Waals surface area contributed by atoms with Gasteiger partial charge in [-0.2, -0.15) is 0 Å². The lowest BCUT2D eigenvalue weighted by Gasteiger charge is -2.31. The SMILES string of the molecule is CCC(CC)C(O)(C(=O)O)c1ccccc1.Cl. The minimum Gasteiger partial charge on any atom is -0.479 e. The molecule has 0 heterocycles. The predicted octanol–water partition coefficient (Wildman–Crippen LogP) is 2.82. The van der Waals surface area contributed by atoms with Crippen LogP contribution in [0.15, 0.2) is 30.3 Å². The van der Waals surface area contributed by atoms with Gasteiger partial charge in [0.25, 0.3) is 0 Å². The molecule has 1 atom stereocenters. The second-order valence-electron chi connectivity index (χ2n) is 3.95. The molecule has 0 aliphatic heterocycles. The molecule has 0 saturated heterocycles. The number of halogens is 1. The van der Waals surface area contributed by atoms with Crippen LogP contribution in [0.2, 0.25) is 0 Å². The molecule has 0 aliphatic rings. The number of carboxylic acids is 1. The first-order valence-electron chi connectivity index (χ1n) is 5.58. The number of hydrogen-bond acceptors (Lipinski definition) is 2. The van der Waals surface area contributed by atoms with Crippen LogP contribution < -0.4 is 0 Å². The summed E-state index contributed by atoms with van der Waals surface area (Å²) >= 11 is 0. The fourth-order valence-corrected chi connectivity index (χ4v) is 2.11. The molecule has 0 amide bonds. The number of carbonyl (C=O) groups is 1. The molecule has 1 aromatic rings. The second-order valence-corrected chi connectivity index (χ2v) is 3.95. The summed E-state index contributed by atoms with van der Waals surface area (Å²) in [6.07, 6.45) is 1.27. The first-order valence-corrected chi connectivity index (χ1v) is 5.58. The van der Waals surface area contributed by atoms with Crippen molar-refractivity contribution in [3.8, 4) is 0 Å². The summed E-state index contributed by atoms with van der Waals surface area (Å²) in [5.41, 5.74) is -1.32. The van der Waals surface area contributed by atoms with Crippen LogP contribution in [-0.4, -0.2) is 16.2 Å². The molecule has 1 unspecified atom stereocenters. The van der Waals surface area contributed by atoms with Crippen molar-refractivity contribution < 1.29 is 15.0 Å². The van der Waals surface area contributed by atoms with Crippen molar-refractivity contribution in [2.24, 2.45) is 5.92 Å². The van der Waals surface area contributed by atoms with E-state index in [-0.39, 0.29) is 18.3 Å². The molecular formula is C13H19ClO3. The molecule has 1 aromatic carbocycles. The molecule has 0 spiro atoms. The zero-order valence-corrected chi connectivity index (χ0v) is 10.9. The number of aliphatic hydroxyl groups is 1. The van der Waals surface area contributed by atoms with Gasteiger partial charge in [0.2, 0.25) is 0 Å². The van der Waals surface area contributed by atoms with E-state index < -0.39 is 11.6 Å². The molecule has 96 valence electrons. The van der Waals surface area contributed by atoms with Crippen LogP contribution in [-0.2, 0) is 10.4 Å². The lowest BCUT2D eigenvalue weighted by atomic mass is 9.78. The smallest absolute Gasteiger partial charge is 0.340 e. The van der Waals surface area contributed by atoms with Crippen LogP contribution in [0.3, 0.4) is 0 Å². The molecular weight excluding hydrogens is 240 g/mol. The first-order chi connectivity index (χ1) is 7.57. The lowest BCUT2D eigenvalue weighted by Crippen LogP contribution is -2.42. The fraction of sp³-hybridized carbons (Fsp3) is 0.462. The highest BCUT2D eigenvalue weighted by molar-refractivity contribution is 5.85. The molecule has 4 heteroatoms. The molecule has 0 bridgehead atoms. The summed E-state index contributed by atoms with van der Waals surface area (Å²) in [5, 5.41) is 19.7. The Kier molecular flexibility index (Phi) is 6.21. The summed E-state index contributed by atoms with van der Waals surface area (Å²) in [7, 11) is 0. The number of benzene rings is 1. The first kappa shape index (κ1) is 15.9. The van der Waals surface area contributed by atoms with E-state index in [1.807, 2.05) is 13.8 Å². The van der Waals surface area contributed by atoms with Crippen LogP contribution in [0.1, 0.15) is 32.3 Å². The molecule has 17 heavy (non-hydrogen) atoms. The molecule has 1 rings (SSSR count). The van der Waals surface area contributed by atoms with Gasteiger partial charge in [-0.3, -0.25) is 0 Å². The van der Waals surface area contributed by atoms with Crippen LogP contribution in [0.4, 0.5) is 0 Å². The molecule has 3 nitrogen and oxygen atoms in total. The lowest BCUT2D eigenvalue weighted by molar-refractivity contribution is -0.167. The van der Waals surface area contributed by atoms with Crippen molar-refractivity contribution in [2.45, 2.75) is 32.3 Å². The molecule has 0 saturated carbocycles. The highest BCUT2D eigenvalue weighted by Crippen LogP contribution is 2.34. The van der Waals surface area contributed by atoms with E-state index in [9.17, 15) is 15.0 Å². The maximum Gasteiger partial charge on any atom is 0.340 e. The topological polar surface area (TPSA) is 57.5 Å². The molecule has 2 N–H and O–H groups in total. The number of aliphatic carboxylic acids is 1. The van der Waals surface area contributed by atoms with E-state index in [1.54, 1.807) is 30.3 Å². The van der Waals surface area contributed by atoms with Crippen molar-refractivity contribution in [3.05, 3.63) is 35.9 Å². The van der Waals surface area contributed by atoms with Crippen molar-refractivity contribution in [1.29, 1.82) is 0 Å². The largest absolute Gasteiger partial charge is 0.479 e. The Bertz CT molecular complexity index is 349. The van der Waals surface area contributed by atoms with Gasteiger partial charge in [0.15, 0.2) is 5.60 Å². The average molecular weight is 259 g/mol. The summed E-state index contributed by atoms with van der Waals surface area (Å²) in [5.74, 6) is -1.44. The number of carboxylic acid groups (broad SMARTS) is 1. The van der Waals surface area contributed by atoms with Gasteiger partial charge in [0, 0.05) is 5.92 Å². The summed E-state index contributed by atoms with van der Waals surface area (Å²) in [6, 6.07) is 8.61. The monoisotopic (exact) mass is 258 g/mol. The van der Waals surface area contributed by atoms with Gasteiger partial charge < -0.3 is 10.2 Å². The Hall–Kier alpha value is -1.06. The number of hydrogen-bond donors (Lipinski definition) is 2. The third kappa shape index (κ3) is 2.99. The van der Waals surface area contributed by atoms with E-state index >= 15 is 0 Å². The maximum atomic E-state index is 11.3. The Morgan fingerprint density at radius 2 is 1.71 bits per heavy atom. The van der Waals surface area contributed by atoms with E-state index in [0.717, 1.165) is 0 Å². The third-order valence-corrected chi connectivity index (χ3v) is 3.12. The highest BCUT2D eigenvalue weighted by atomic mass is 35.5. The summed E-state index contributed by atoms with van der Waals surface area (Å²) < 4.78 is 0. The average Bonchev–Trinajstić information content (AvgIpc) is 2.31. The second kappa shape index (κ2) is 6.62. The zero-order chi connectivity index (χ0) is 12.2. The molecule has 0 fully saturated rings. The van der Waals surface area contributed by atoms with Gasteiger partial charge in [-0.15, -0.1) is 12.4 Å². The molecule has 0 aromatic heterocycles. The van der Waals surface area contributed by atoms with Crippen LogP contribution in [0.25, 0.3) is 0 Å². The quantitative estimate of drug-likeness (QED) is 0.854. The maximum absolute atomic E-state index is 11.3. The standard InChI is InChI=1S/C13H18O3.ClH/c1-3-10(4-2)13(16,12(14)15)11-8-6-5-7-9-11;/h5-10,16H,3-4H2,1-2H3,(H,14,15);1H.